The molecule has 2 aromatic rings. The molecule has 0 bridgehead atoms. The van der Waals surface area contributed by atoms with Crippen LogP contribution in [0.1, 0.15) is 36.6 Å². The topological polar surface area (TPSA) is 28.2 Å². The fourth-order valence-corrected chi connectivity index (χ4v) is 3.64. The van der Waals surface area contributed by atoms with Gasteiger partial charge in [-0.25, -0.2) is 4.98 Å². The largest absolute Gasteiger partial charge is 0.348 e. The molecule has 0 radical (unpaired) electrons. The van der Waals surface area contributed by atoms with Crippen molar-refractivity contribution < 1.29 is 0 Å². The molecule has 1 aliphatic carbocycles. The first-order valence-electron chi connectivity index (χ1n) is 7.67. The summed E-state index contributed by atoms with van der Waals surface area (Å²) in [6.45, 7) is 0. The minimum Gasteiger partial charge on any atom is -0.348 e. The van der Waals surface area contributed by atoms with Gasteiger partial charge in [-0.2, -0.15) is 0 Å². The first-order valence-corrected chi connectivity index (χ1v) is 8.55. The van der Waals surface area contributed by atoms with Crippen molar-refractivity contribution in [3.05, 3.63) is 47.0 Å². The van der Waals surface area contributed by atoms with Gasteiger partial charge in [0, 0.05) is 30.9 Å². The Labute approximate surface area is 131 Å². The van der Waals surface area contributed by atoms with Crippen LogP contribution >= 0.6 is 11.3 Å². The van der Waals surface area contributed by atoms with Gasteiger partial charge in [0.1, 0.15) is 0 Å². The lowest BCUT2D eigenvalue weighted by atomic mass is 9.92. The zero-order valence-corrected chi connectivity index (χ0v) is 13.6. The van der Waals surface area contributed by atoms with Crippen molar-refractivity contribution in [2.75, 3.05) is 19.0 Å². The van der Waals surface area contributed by atoms with Crippen molar-refractivity contribution in [2.45, 2.75) is 37.8 Å². The molecular formula is C17H23N3S. The van der Waals surface area contributed by atoms with Crippen LogP contribution in [0.5, 0.6) is 0 Å². The van der Waals surface area contributed by atoms with Crippen LogP contribution in [0.2, 0.25) is 0 Å². The number of likely N-dealkylation sites (N-methyl/N-ethyl adjacent to an activating group) is 1. The number of thiazole rings is 1. The average molecular weight is 301 g/mol. The van der Waals surface area contributed by atoms with Gasteiger partial charge in [0.05, 0.1) is 5.69 Å². The molecule has 1 atom stereocenters. The molecule has 1 aromatic heterocycles. The third kappa shape index (κ3) is 3.27. The summed E-state index contributed by atoms with van der Waals surface area (Å²) in [6, 6.07) is 11.6. The second kappa shape index (κ2) is 6.58. The molecule has 21 heavy (non-hydrogen) atoms. The molecule has 1 N–H and O–H groups in total. The Morgan fingerprint density at radius 2 is 2.10 bits per heavy atom. The highest BCUT2D eigenvalue weighted by Gasteiger charge is 2.24. The van der Waals surface area contributed by atoms with E-state index in [1.54, 1.807) is 11.3 Å². The quantitative estimate of drug-likeness (QED) is 0.883. The molecule has 3 nitrogen and oxygen atoms in total. The van der Waals surface area contributed by atoms with E-state index in [4.69, 9.17) is 4.98 Å². The summed E-state index contributed by atoms with van der Waals surface area (Å²) in [6.07, 6.45) is 4.93. The van der Waals surface area contributed by atoms with E-state index in [2.05, 4.69) is 53.0 Å². The minimum absolute atomic E-state index is 0.329. The third-order valence-corrected chi connectivity index (χ3v) is 5.41. The molecular weight excluding hydrogens is 278 g/mol. The Hall–Kier alpha value is -1.39. The van der Waals surface area contributed by atoms with Gasteiger partial charge < -0.3 is 10.2 Å². The Balaban J connectivity index is 1.68. The first kappa shape index (κ1) is 14.5. The molecule has 0 spiro atoms. The van der Waals surface area contributed by atoms with Crippen molar-refractivity contribution in [3.8, 4) is 0 Å². The summed E-state index contributed by atoms with van der Waals surface area (Å²) in [5.41, 5.74) is 2.51. The van der Waals surface area contributed by atoms with Crippen LogP contribution in [0.15, 0.2) is 35.7 Å². The summed E-state index contributed by atoms with van der Waals surface area (Å²) >= 11 is 1.77. The van der Waals surface area contributed by atoms with Crippen molar-refractivity contribution >= 4 is 16.5 Å². The predicted molar refractivity (Wildman–Crippen MR) is 90.1 cm³/mol. The number of nitrogens with zero attached hydrogens (tertiary/aromatic N) is 2. The summed E-state index contributed by atoms with van der Waals surface area (Å²) in [7, 11) is 4.20. The summed E-state index contributed by atoms with van der Waals surface area (Å²) in [4.78, 5) is 7.19. The smallest absolute Gasteiger partial charge is 0.185 e. The van der Waals surface area contributed by atoms with Gasteiger partial charge in [0.25, 0.3) is 0 Å². The molecule has 1 heterocycles. The van der Waals surface area contributed by atoms with Crippen LogP contribution in [0, 0.1) is 0 Å². The number of rotatable bonds is 6. The lowest BCUT2D eigenvalue weighted by Crippen LogP contribution is -2.37. The van der Waals surface area contributed by atoms with Crippen LogP contribution in [0.3, 0.4) is 0 Å². The van der Waals surface area contributed by atoms with E-state index < -0.39 is 0 Å². The molecule has 1 aromatic carbocycles. The normalized spacial score (nSPS) is 16.5. The Morgan fingerprint density at radius 1 is 1.33 bits per heavy atom. The van der Waals surface area contributed by atoms with Gasteiger partial charge in [0.2, 0.25) is 0 Å². The maximum Gasteiger partial charge on any atom is 0.185 e. The van der Waals surface area contributed by atoms with Gasteiger partial charge in [-0.15, -0.1) is 11.3 Å². The van der Waals surface area contributed by atoms with E-state index in [0.29, 0.717) is 12.1 Å². The molecule has 1 saturated carbocycles. The van der Waals surface area contributed by atoms with Crippen LogP contribution in [0.4, 0.5) is 5.13 Å². The average Bonchev–Trinajstić information content (AvgIpc) is 2.92. The maximum absolute atomic E-state index is 4.83. The van der Waals surface area contributed by atoms with E-state index in [-0.39, 0.29) is 0 Å². The SMILES string of the molecule is CNC(Cc1csc(N(C)C2CCC2)n1)c1ccccc1. The van der Waals surface area contributed by atoms with Crippen molar-refractivity contribution in [3.63, 3.8) is 0 Å². The molecule has 1 aliphatic rings. The zero-order chi connectivity index (χ0) is 14.7. The maximum atomic E-state index is 4.83. The molecule has 0 saturated heterocycles. The number of aromatic nitrogens is 1. The highest BCUT2D eigenvalue weighted by molar-refractivity contribution is 7.13. The van der Waals surface area contributed by atoms with Gasteiger partial charge in [-0.1, -0.05) is 30.3 Å². The number of hydrogen-bond acceptors (Lipinski definition) is 4. The second-order valence-electron chi connectivity index (χ2n) is 5.77. The lowest BCUT2D eigenvalue weighted by Gasteiger charge is -2.34. The standard InChI is InChI=1S/C17H23N3S/c1-18-16(13-7-4-3-5-8-13)11-14-12-21-17(19-14)20(2)15-9-6-10-15/h3-5,7-8,12,15-16,18H,6,9-11H2,1-2H3. The monoisotopic (exact) mass is 301 g/mol. The predicted octanol–water partition coefficient (Wildman–Crippen LogP) is 3.64. The Kier molecular flexibility index (Phi) is 4.56. The Morgan fingerprint density at radius 3 is 2.71 bits per heavy atom. The number of anilines is 1. The van der Waals surface area contributed by atoms with E-state index in [9.17, 15) is 0 Å². The van der Waals surface area contributed by atoms with Crippen LogP contribution < -0.4 is 10.2 Å². The lowest BCUT2D eigenvalue weighted by molar-refractivity contribution is 0.400. The first-order chi connectivity index (χ1) is 10.3. The van der Waals surface area contributed by atoms with E-state index in [1.807, 2.05) is 7.05 Å². The summed E-state index contributed by atoms with van der Waals surface area (Å²) in [5, 5.41) is 6.77. The summed E-state index contributed by atoms with van der Waals surface area (Å²) < 4.78 is 0. The minimum atomic E-state index is 0.329. The molecule has 1 unspecified atom stereocenters. The van der Waals surface area contributed by atoms with Crippen molar-refractivity contribution in [1.29, 1.82) is 0 Å². The third-order valence-electron chi connectivity index (χ3n) is 4.43. The second-order valence-corrected chi connectivity index (χ2v) is 6.61. The van der Waals surface area contributed by atoms with Crippen molar-refractivity contribution in [1.82, 2.24) is 10.3 Å². The van der Waals surface area contributed by atoms with Gasteiger partial charge in [0.15, 0.2) is 5.13 Å². The number of nitrogens with one attached hydrogen (secondary N) is 1. The molecule has 1 fully saturated rings. The fraction of sp³-hybridized carbons (Fsp3) is 0.471. The highest BCUT2D eigenvalue weighted by atomic mass is 32.1. The van der Waals surface area contributed by atoms with E-state index in [1.165, 1.54) is 30.5 Å². The number of benzene rings is 1. The van der Waals surface area contributed by atoms with E-state index >= 15 is 0 Å². The van der Waals surface area contributed by atoms with Crippen LogP contribution in [0.25, 0.3) is 0 Å². The summed E-state index contributed by atoms with van der Waals surface area (Å²) in [5.74, 6) is 0. The molecule has 4 heteroatoms. The van der Waals surface area contributed by atoms with Gasteiger partial charge >= 0.3 is 0 Å². The molecule has 0 aliphatic heterocycles. The van der Waals surface area contributed by atoms with Gasteiger partial charge in [-0.05, 0) is 31.9 Å². The van der Waals surface area contributed by atoms with Gasteiger partial charge in [-0.3, -0.25) is 0 Å². The molecule has 3 rings (SSSR count). The fourth-order valence-electron chi connectivity index (χ4n) is 2.76. The van der Waals surface area contributed by atoms with E-state index in [0.717, 1.165) is 11.6 Å². The van der Waals surface area contributed by atoms with Crippen LogP contribution in [-0.4, -0.2) is 25.1 Å². The zero-order valence-electron chi connectivity index (χ0n) is 12.7. The molecule has 0 amide bonds. The number of hydrogen-bond donors (Lipinski definition) is 1. The Bertz CT molecular complexity index is 562. The highest BCUT2D eigenvalue weighted by Crippen LogP contribution is 2.31. The van der Waals surface area contributed by atoms with Crippen molar-refractivity contribution in [2.24, 2.45) is 0 Å². The molecule has 112 valence electrons. The van der Waals surface area contributed by atoms with Crippen LogP contribution in [-0.2, 0) is 6.42 Å².